The van der Waals surface area contributed by atoms with Gasteiger partial charge in [-0.1, -0.05) is 11.6 Å². The number of amides is 1. The van der Waals surface area contributed by atoms with Crippen LogP contribution in [-0.4, -0.2) is 36.0 Å². The lowest BCUT2D eigenvalue weighted by molar-refractivity contribution is 0.0218. The van der Waals surface area contributed by atoms with E-state index in [9.17, 15) is 4.79 Å². The lowest BCUT2D eigenvalue weighted by Crippen LogP contribution is -2.62. The largest absolute Gasteiger partial charge is 0.347 e. The van der Waals surface area contributed by atoms with Gasteiger partial charge in [0.1, 0.15) is 10.4 Å². The van der Waals surface area contributed by atoms with Crippen LogP contribution in [0, 0.1) is 17.2 Å². The average Bonchev–Trinajstić information content (AvgIpc) is 2.84. The molecular formula is C14H16ClN3OS. The highest BCUT2D eigenvalue weighted by Gasteiger charge is 2.40. The first-order valence-electron chi connectivity index (χ1n) is 6.84. The molecule has 3 saturated heterocycles. The standard InChI is InChI=1S/C14H16ClN3OS/c1-8-12(9-2-4-18(8)5-3-9)17-14(19)11-6-10(7-16)13(15)20-11/h6,8-9,12H,2-5H2,1H3,(H,17,19)/t8-,12-/m0/s1. The molecule has 3 aliphatic heterocycles. The zero-order valence-corrected chi connectivity index (χ0v) is 12.8. The van der Waals surface area contributed by atoms with Gasteiger partial charge in [0.05, 0.1) is 10.4 Å². The molecule has 0 aromatic carbocycles. The van der Waals surface area contributed by atoms with Gasteiger partial charge in [-0.05, 0) is 44.8 Å². The van der Waals surface area contributed by atoms with Crippen molar-refractivity contribution < 1.29 is 4.79 Å². The van der Waals surface area contributed by atoms with Crippen LogP contribution >= 0.6 is 22.9 Å². The predicted octanol–water partition coefficient (Wildman–Crippen LogP) is 2.49. The number of hydrogen-bond acceptors (Lipinski definition) is 4. The minimum absolute atomic E-state index is 0.107. The molecule has 6 heteroatoms. The van der Waals surface area contributed by atoms with Gasteiger partial charge in [0.2, 0.25) is 0 Å². The molecule has 20 heavy (non-hydrogen) atoms. The van der Waals surface area contributed by atoms with E-state index in [-0.39, 0.29) is 11.9 Å². The molecule has 1 N–H and O–H groups in total. The van der Waals surface area contributed by atoms with Crippen molar-refractivity contribution in [3.05, 3.63) is 20.8 Å². The molecule has 106 valence electrons. The number of nitrogens with one attached hydrogen (secondary N) is 1. The van der Waals surface area contributed by atoms with Crippen molar-refractivity contribution in [2.24, 2.45) is 5.92 Å². The second kappa shape index (κ2) is 5.36. The molecule has 0 radical (unpaired) electrons. The van der Waals surface area contributed by atoms with E-state index in [4.69, 9.17) is 16.9 Å². The molecule has 3 fully saturated rings. The molecule has 0 saturated carbocycles. The predicted molar refractivity (Wildman–Crippen MR) is 79.1 cm³/mol. The van der Waals surface area contributed by atoms with Crippen LogP contribution in [0.4, 0.5) is 0 Å². The van der Waals surface area contributed by atoms with Crippen LogP contribution in [0.15, 0.2) is 6.07 Å². The Bertz CT molecular complexity index is 569. The lowest BCUT2D eigenvalue weighted by atomic mass is 9.79. The Morgan fingerprint density at radius 2 is 2.25 bits per heavy atom. The smallest absolute Gasteiger partial charge is 0.261 e. The second-order valence-corrected chi connectivity index (χ2v) is 7.18. The van der Waals surface area contributed by atoms with Crippen LogP contribution in [-0.2, 0) is 0 Å². The summed E-state index contributed by atoms with van der Waals surface area (Å²) in [6.07, 6.45) is 2.31. The molecule has 2 atom stereocenters. The number of carbonyl (C=O) groups is 1. The number of nitrogens with zero attached hydrogens (tertiary/aromatic N) is 2. The minimum Gasteiger partial charge on any atom is -0.347 e. The van der Waals surface area contributed by atoms with Gasteiger partial charge in [0.25, 0.3) is 5.91 Å². The topological polar surface area (TPSA) is 56.1 Å². The zero-order valence-electron chi connectivity index (χ0n) is 11.2. The first-order valence-corrected chi connectivity index (χ1v) is 8.04. The Hall–Kier alpha value is -1.09. The van der Waals surface area contributed by atoms with Gasteiger partial charge in [-0.15, -0.1) is 11.3 Å². The maximum Gasteiger partial charge on any atom is 0.261 e. The Morgan fingerprint density at radius 1 is 1.55 bits per heavy atom. The van der Waals surface area contributed by atoms with E-state index >= 15 is 0 Å². The van der Waals surface area contributed by atoms with Crippen molar-refractivity contribution >= 4 is 28.8 Å². The van der Waals surface area contributed by atoms with Crippen molar-refractivity contribution in [3.8, 4) is 6.07 Å². The number of fused-ring (bicyclic) bond motifs is 3. The number of carbonyl (C=O) groups excluding carboxylic acids is 1. The molecule has 4 heterocycles. The SMILES string of the molecule is C[C@H]1[C@H](NC(=O)c2cc(C#N)c(Cl)s2)C2CCN1CC2. The highest BCUT2D eigenvalue weighted by Crippen LogP contribution is 2.33. The normalized spacial score (nSPS) is 31.9. The van der Waals surface area contributed by atoms with Gasteiger partial charge in [0.15, 0.2) is 0 Å². The fourth-order valence-corrected chi connectivity index (χ4v) is 4.41. The third-order valence-electron chi connectivity index (χ3n) is 4.51. The molecule has 0 aliphatic carbocycles. The van der Waals surface area contributed by atoms with Gasteiger partial charge >= 0.3 is 0 Å². The summed E-state index contributed by atoms with van der Waals surface area (Å²) in [4.78, 5) is 15.3. The molecule has 0 spiro atoms. The number of thiophene rings is 1. The van der Waals surface area contributed by atoms with Gasteiger partial charge < -0.3 is 5.32 Å². The van der Waals surface area contributed by atoms with Gasteiger partial charge in [-0.25, -0.2) is 0 Å². The van der Waals surface area contributed by atoms with E-state index in [1.165, 1.54) is 11.3 Å². The van der Waals surface area contributed by atoms with Crippen LogP contribution in [0.3, 0.4) is 0 Å². The third kappa shape index (κ3) is 2.32. The first kappa shape index (κ1) is 13.9. The van der Waals surface area contributed by atoms with Crippen molar-refractivity contribution in [3.63, 3.8) is 0 Å². The van der Waals surface area contributed by atoms with E-state index in [1.807, 2.05) is 6.07 Å². The zero-order chi connectivity index (χ0) is 14.3. The van der Waals surface area contributed by atoms with E-state index in [0.717, 1.165) is 25.9 Å². The quantitative estimate of drug-likeness (QED) is 0.913. The average molecular weight is 310 g/mol. The van der Waals surface area contributed by atoms with Crippen LogP contribution < -0.4 is 5.32 Å². The number of nitriles is 1. The summed E-state index contributed by atoms with van der Waals surface area (Å²) in [5, 5.41) is 12.0. The Morgan fingerprint density at radius 3 is 2.80 bits per heavy atom. The van der Waals surface area contributed by atoms with Crippen molar-refractivity contribution in [1.29, 1.82) is 5.26 Å². The summed E-state index contributed by atoms with van der Waals surface area (Å²) in [5.74, 6) is 0.467. The number of rotatable bonds is 2. The molecule has 2 bridgehead atoms. The summed E-state index contributed by atoms with van der Waals surface area (Å²) in [6, 6.07) is 4.17. The molecule has 1 aromatic heterocycles. The lowest BCUT2D eigenvalue weighted by Gasteiger charge is -2.49. The first-order chi connectivity index (χ1) is 9.60. The molecule has 0 unspecified atom stereocenters. The Balaban J connectivity index is 1.74. The van der Waals surface area contributed by atoms with E-state index in [1.54, 1.807) is 6.07 Å². The summed E-state index contributed by atoms with van der Waals surface area (Å²) in [7, 11) is 0. The highest BCUT2D eigenvalue weighted by atomic mass is 35.5. The van der Waals surface area contributed by atoms with E-state index in [2.05, 4.69) is 17.1 Å². The van der Waals surface area contributed by atoms with Gasteiger partial charge in [0, 0.05) is 12.1 Å². The summed E-state index contributed by atoms with van der Waals surface area (Å²) in [6.45, 7) is 4.46. The van der Waals surface area contributed by atoms with E-state index in [0.29, 0.717) is 26.7 Å². The van der Waals surface area contributed by atoms with Gasteiger partial charge in [-0.2, -0.15) is 5.26 Å². The van der Waals surface area contributed by atoms with Crippen LogP contribution in [0.5, 0.6) is 0 Å². The molecule has 4 nitrogen and oxygen atoms in total. The number of piperidine rings is 3. The summed E-state index contributed by atoms with van der Waals surface area (Å²) >= 11 is 7.11. The van der Waals surface area contributed by atoms with Crippen molar-refractivity contribution in [2.45, 2.75) is 31.8 Å². The summed E-state index contributed by atoms with van der Waals surface area (Å²) < 4.78 is 0.389. The number of halogens is 1. The highest BCUT2D eigenvalue weighted by molar-refractivity contribution is 7.18. The minimum atomic E-state index is -0.107. The van der Waals surface area contributed by atoms with Crippen LogP contribution in [0.2, 0.25) is 4.34 Å². The van der Waals surface area contributed by atoms with E-state index < -0.39 is 0 Å². The fourth-order valence-electron chi connectivity index (χ4n) is 3.32. The molecule has 1 aromatic rings. The fraction of sp³-hybridized carbons (Fsp3) is 0.571. The van der Waals surface area contributed by atoms with Crippen molar-refractivity contribution in [2.75, 3.05) is 13.1 Å². The Kier molecular flexibility index (Phi) is 3.72. The molecule has 4 rings (SSSR count). The van der Waals surface area contributed by atoms with Crippen LogP contribution in [0.25, 0.3) is 0 Å². The monoisotopic (exact) mass is 309 g/mol. The third-order valence-corrected chi connectivity index (χ3v) is 5.86. The van der Waals surface area contributed by atoms with Gasteiger partial charge in [-0.3, -0.25) is 9.69 Å². The molecule has 1 amide bonds. The number of hydrogen-bond donors (Lipinski definition) is 1. The Labute approximate surface area is 127 Å². The van der Waals surface area contributed by atoms with Crippen LogP contribution in [0.1, 0.15) is 35.0 Å². The maximum absolute atomic E-state index is 12.3. The molecule has 3 aliphatic rings. The molecular weight excluding hydrogens is 294 g/mol. The summed E-state index contributed by atoms with van der Waals surface area (Å²) in [5.41, 5.74) is 0.378. The second-order valence-electron chi connectivity index (χ2n) is 5.52. The van der Waals surface area contributed by atoms with Crippen molar-refractivity contribution in [1.82, 2.24) is 10.2 Å². The maximum atomic E-state index is 12.3.